The maximum Gasteiger partial charge on any atom is 0.299 e. The fourth-order valence-corrected chi connectivity index (χ4v) is 2.97. The fraction of sp³-hybridized carbons (Fsp3) is 0.250. The topological polar surface area (TPSA) is 48.0 Å². The molecule has 2 aromatic rings. The van der Waals surface area contributed by atoms with Crippen LogP contribution in [0.1, 0.15) is 17.2 Å². The molecule has 1 fully saturated rings. The molecule has 2 aliphatic rings. The van der Waals surface area contributed by atoms with E-state index in [4.69, 9.17) is 14.2 Å². The Kier molecular flexibility index (Phi) is 4.28. The van der Waals surface area contributed by atoms with E-state index in [0.29, 0.717) is 31.3 Å². The van der Waals surface area contributed by atoms with Gasteiger partial charge in [0, 0.05) is 18.0 Å². The lowest BCUT2D eigenvalue weighted by molar-refractivity contribution is -0.133. The Balaban J connectivity index is 1.53. The first-order chi connectivity index (χ1) is 12.3. The van der Waals surface area contributed by atoms with Crippen LogP contribution in [0, 0.1) is 11.8 Å². The van der Waals surface area contributed by atoms with Gasteiger partial charge >= 0.3 is 0 Å². The maximum atomic E-state index is 12.6. The summed E-state index contributed by atoms with van der Waals surface area (Å²) in [5.74, 6) is 6.83. The summed E-state index contributed by atoms with van der Waals surface area (Å²) in [5.41, 5.74) is 1.78. The van der Waals surface area contributed by atoms with Crippen LogP contribution in [0.5, 0.6) is 11.5 Å². The predicted molar refractivity (Wildman–Crippen MR) is 91.2 cm³/mol. The summed E-state index contributed by atoms with van der Waals surface area (Å²) in [7, 11) is 0. The second-order valence-corrected chi connectivity index (χ2v) is 5.82. The first-order valence-electron chi connectivity index (χ1n) is 8.16. The van der Waals surface area contributed by atoms with Crippen LogP contribution < -0.4 is 9.47 Å². The van der Waals surface area contributed by atoms with Crippen molar-refractivity contribution in [3.63, 3.8) is 0 Å². The molecule has 0 radical (unpaired) electrons. The van der Waals surface area contributed by atoms with E-state index in [-0.39, 0.29) is 18.7 Å². The van der Waals surface area contributed by atoms with Gasteiger partial charge in [-0.3, -0.25) is 4.79 Å². The van der Waals surface area contributed by atoms with Crippen molar-refractivity contribution in [2.45, 2.75) is 6.04 Å². The van der Waals surface area contributed by atoms with Crippen LogP contribution in [0.15, 0.2) is 48.5 Å². The van der Waals surface area contributed by atoms with E-state index < -0.39 is 0 Å². The number of benzene rings is 2. The van der Waals surface area contributed by atoms with Crippen molar-refractivity contribution < 1.29 is 19.0 Å². The molecule has 1 amide bonds. The Hall–Kier alpha value is -2.97. The fourth-order valence-electron chi connectivity index (χ4n) is 2.97. The number of carbonyl (C=O) groups excluding carboxylic acids is 1. The lowest BCUT2D eigenvalue weighted by Crippen LogP contribution is -2.42. The molecule has 126 valence electrons. The van der Waals surface area contributed by atoms with Crippen LogP contribution in [0.3, 0.4) is 0 Å². The van der Waals surface area contributed by atoms with Crippen molar-refractivity contribution in [1.82, 2.24) is 4.90 Å². The van der Waals surface area contributed by atoms with Crippen molar-refractivity contribution in [3.8, 4) is 23.3 Å². The van der Waals surface area contributed by atoms with Crippen LogP contribution in [0.4, 0.5) is 0 Å². The van der Waals surface area contributed by atoms with Crippen molar-refractivity contribution in [3.05, 3.63) is 59.7 Å². The van der Waals surface area contributed by atoms with Crippen LogP contribution in [-0.4, -0.2) is 37.4 Å². The normalized spacial score (nSPS) is 18.4. The second-order valence-electron chi connectivity index (χ2n) is 5.82. The van der Waals surface area contributed by atoms with E-state index in [1.807, 2.05) is 36.4 Å². The number of ether oxygens (including phenoxy) is 3. The van der Waals surface area contributed by atoms with Crippen molar-refractivity contribution in [2.24, 2.45) is 0 Å². The number of morpholine rings is 1. The number of fused-ring (bicyclic) bond motifs is 1. The first-order valence-corrected chi connectivity index (χ1v) is 8.16. The lowest BCUT2D eigenvalue weighted by atomic mass is 10.0. The number of hydrogen-bond acceptors (Lipinski definition) is 4. The highest BCUT2D eigenvalue weighted by molar-refractivity contribution is 5.94. The average Bonchev–Trinajstić information content (AvgIpc) is 3.14. The van der Waals surface area contributed by atoms with E-state index in [0.717, 1.165) is 11.1 Å². The molecule has 0 spiro atoms. The van der Waals surface area contributed by atoms with Crippen molar-refractivity contribution in [1.29, 1.82) is 0 Å². The zero-order valence-electron chi connectivity index (χ0n) is 13.6. The van der Waals surface area contributed by atoms with Gasteiger partial charge in [0.15, 0.2) is 11.5 Å². The Labute approximate surface area is 146 Å². The summed E-state index contributed by atoms with van der Waals surface area (Å²) < 4.78 is 16.2. The molecule has 5 nitrogen and oxygen atoms in total. The van der Waals surface area contributed by atoms with E-state index in [1.165, 1.54) is 0 Å². The number of hydrogen-bond donors (Lipinski definition) is 0. The van der Waals surface area contributed by atoms with Crippen molar-refractivity contribution in [2.75, 3.05) is 26.6 Å². The highest BCUT2D eigenvalue weighted by atomic mass is 16.7. The molecule has 25 heavy (non-hydrogen) atoms. The van der Waals surface area contributed by atoms with Gasteiger partial charge in [-0.25, -0.2) is 0 Å². The molecule has 5 heteroatoms. The summed E-state index contributed by atoms with van der Waals surface area (Å²) in [6, 6.07) is 15.2. The number of carbonyl (C=O) groups is 1. The quantitative estimate of drug-likeness (QED) is 0.751. The second kappa shape index (κ2) is 6.88. The summed E-state index contributed by atoms with van der Waals surface area (Å²) in [4.78, 5) is 14.4. The van der Waals surface area contributed by atoms with E-state index >= 15 is 0 Å². The molecule has 1 atom stereocenters. The predicted octanol–water partition coefficient (Wildman–Crippen LogP) is 2.37. The van der Waals surface area contributed by atoms with E-state index in [1.54, 1.807) is 17.0 Å². The van der Waals surface area contributed by atoms with Gasteiger partial charge in [-0.2, -0.15) is 0 Å². The van der Waals surface area contributed by atoms with Gasteiger partial charge in [-0.1, -0.05) is 36.3 Å². The van der Waals surface area contributed by atoms with Gasteiger partial charge < -0.3 is 19.1 Å². The first kappa shape index (κ1) is 15.6. The molecule has 2 heterocycles. The maximum absolute atomic E-state index is 12.6. The third kappa shape index (κ3) is 3.30. The summed E-state index contributed by atoms with van der Waals surface area (Å²) in [5, 5.41) is 0. The molecule has 0 saturated carbocycles. The number of nitrogens with zero attached hydrogens (tertiary/aromatic N) is 1. The van der Waals surface area contributed by atoms with Crippen LogP contribution in [-0.2, 0) is 9.53 Å². The monoisotopic (exact) mass is 335 g/mol. The Bertz CT molecular complexity index is 838. The molecule has 4 rings (SSSR count). The highest BCUT2D eigenvalue weighted by Crippen LogP contribution is 2.32. The van der Waals surface area contributed by atoms with Gasteiger partial charge in [-0.05, 0) is 23.8 Å². The summed E-state index contributed by atoms with van der Waals surface area (Å²) >= 11 is 0. The largest absolute Gasteiger partial charge is 0.454 e. The lowest BCUT2D eigenvalue weighted by Gasteiger charge is -2.34. The minimum Gasteiger partial charge on any atom is -0.454 e. The number of rotatable bonds is 1. The minimum absolute atomic E-state index is 0.103. The van der Waals surface area contributed by atoms with Crippen LogP contribution >= 0.6 is 0 Å². The molecule has 0 N–H and O–H groups in total. The Morgan fingerprint density at radius 3 is 2.80 bits per heavy atom. The van der Waals surface area contributed by atoms with Gasteiger partial charge in [0.2, 0.25) is 6.79 Å². The highest BCUT2D eigenvalue weighted by Gasteiger charge is 2.27. The standard InChI is InChI=1S/C20H17NO4/c22-20(9-7-15-6-8-18-19(12-15)25-14-24-18)21-10-11-23-13-17(21)16-4-2-1-3-5-16/h1-6,8,12,17H,10-11,13-14H2/t17-/m0/s1. The van der Waals surface area contributed by atoms with Crippen molar-refractivity contribution >= 4 is 5.91 Å². The molecule has 2 aromatic carbocycles. The smallest absolute Gasteiger partial charge is 0.299 e. The van der Waals surface area contributed by atoms with E-state index in [9.17, 15) is 4.79 Å². The zero-order chi connectivity index (χ0) is 17.1. The summed E-state index contributed by atoms with van der Waals surface area (Å²) in [6.45, 7) is 1.77. The molecule has 0 unspecified atom stereocenters. The zero-order valence-corrected chi connectivity index (χ0v) is 13.6. The molecule has 0 aliphatic carbocycles. The SMILES string of the molecule is O=C(C#Cc1ccc2c(c1)OCO2)N1CCOC[C@H]1c1ccccc1. The Morgan fingerprint density at radius 1 is 1.08 bits per heavy atom. The third-order valence-electron chi connectivity index (χ3n) is 4.26. The molecule has 2 aliphatic heterocycles. The molecule has 0 aromatic heterocycles. The average molecular weight is 335 g/mol. The molecular weight excluding hydrogens is 318 g/mol. The van der Waals surface area contributed by atoms with E-state index in [2.05, 4.69) is 11.8 Å². The van der Waals surface area contributed by atoms with Crippen LogP contribution in [0.25, 0.3) is 0 Å². The third-order valence-corrected chi connectivity index (χ3v) is 4.26. The molecule has 1 saturated heterocycles. The Morgan fingerprint density at radius 2 is 1.92 bits per heavy atom. The number of amides is 1. The van der Waals surface area contributed by atoms with Gasteiger partial charge in [-0.15, -0.1) is 0 Å². The molecule has 0 bridgehead atoms. The van der Waals surface area contributed by atoms with Gasteiger partial charge in [0.05, 0.1) is 19.3 Å². The van der Waals surface area contributed by atoms with Gasteiger partial charge in [0.1, 0.15) is 0 Å². The van der Waals surface area contributed by atoms with Gasteiger partial charge in [0.25, 0.3) is 5.91 Å². The molecular formula is C20H17NO4. The summed E-state index contributed by atoms with van der Waals surface area (Å²) in [6.07, 6.45) is 0. The minimum atomic E-state index is -0.199. The van der Waals surface area contributed by atoms with Crippen LogP contribution in [0.2, 0.25) is 0 Å².